The number of hydrogen-bond donors (Lipinski definition) is 1. The second-order valence-corrected chi connectivity index (χ2v) is 8.72. The molecule has 1 atom stereocenters. The van der Waals surface area contributed by atoms with E-state index < -0.39 is 0 Å². The number of amides is 1. The molecule has 0 bridgehead atoms. The molecule has 2 aromatic carbocycles. The van der Waals surface area contributed by atoms with Crippen LogP contribution in [-0.2, 0) is 4.79 Å². The van der Waals surface area contributed by atoms with E-state index in [0.29, 0.717) is 34.9 Å². The molecule has 0 spiro atoms. The zero-order valence-corrected chi connectivity index (χ0v) is 18.0. The molecule has 4 aromatic rings. The van der Waals surface area contributed by atoms with Crippen LogP contribution in [0.4, 0.5) is 16.0 Å². The van der Waals surface area contributed by atoms with Gasteiger partial charge in [0.25, 0.3) is 5.56 Å². The van der Waals surface area contributed by atoms with Crippen LogP contribution >= 0.6 is 11.3 Å². The molecule has 1 aliphatic heterocycles. The second-order valence-electron chi connectivity index (χ2n) is 7.80. The third-order valence-corrected chi connectivity index (χ3v) is 6.56. The molecule has 0 radical (unpaired) electrons. The largest absolute Gasteiger partial charge is 0.341 e. The van der Waals surface area contributed by atoms with Crippen molar-refractivity contribution in [2.45, 2.75) is 12.8 Å². The summed E-state index contributed by atoms with van der Waals surface area (Å²) in [7, 11) is 0. The van der Waals surface area contributed by atoms with Crippen LogP contribution in [0.1, 0.15) is 12.8 Å². The van der Waals surface area contributed by atoms with Gasteiger partial charge in [0.2, 0.25) is 11.9 Å². The number of hydrogen-bond acceptors (Lipinski definition) is 5. The number of aromatic nitrogens is 2. The lowest BCUT2D eigenvalue weighted by Gasteiger charge is -2.34. The van der Waals surface area contributed by atoms with Crippen molar-refractivity contribution in [1.29, 1.82) is 0 Å². The Morgan fingerprint density at radius 2 is 1.88 bits per heavy atom. The van der Waals surface area contributed by atoms with Gasteiger partial charge in [0.15, 0.2) is 0 Å². The Bertz CT molecular complexity index is 1320. The van der Waals surface area contributed by atoms with Gasteiger partial charge >= 0.3 is 0 Å². The molecule has 1 fully saturated rings. The SMILES string of the molecule is O=C(Nc1ccccc1)[C@@H]1CCCN(c2nc3ccsc3c(=O)n2-c2ccc(F)cc2)C1. The molecule has 162 valence electrons. The summed E-state index contributed by atoms with van der Waals surface area (Å²) in [5.74, 6) is -0.178. The zero-order valence-electron chi connectivity index (χ0n) is 17.2. The van der Waals surface area contributed by atoms with Gasteiger partial charge in [0.1, 0.15) is 10.5 Å². The van der Waals surface area contributed by atoms with Gasteiger partial charge < -0.3 is 10.2 Å². The first-order valence-corrected chi connectivity index (χ1v) is 11.4. The van der Waals surface area contributed by atoms with Crippen molar-refractivity contribution in [3.8, 4) is 5.69 Å². The van der Waals surface area contributed by atoms with Crippen molar-refractivity contribution in [3.63, 3.8) is 0 Å². The maximum atomic E-state index is 13.5. The summed E-state index contributed by atoms with van der Waals surface area (Å²) in [4.78, 5) is 33.0. The van der Waals surface area contributed by atoms with Crippen LogP contribution in [0.3, 0.4) is 0 Å². The minimum atomic E-state index is -0.371. The number of carbonyl (C=O) groups is 1. The van der Waals surface area contributed by atoms with E-state index in [4.69, 9.17) is 4.98 Å². The summed E-state index contributed by atoms with van der Waals surface area (Å²) in [5.41, 5.74) is 1.74. The first-order chi connectivity index (χ1) is 15.6. The van der Waals surface area contributed by atoms with Crippen LogP contribution < -0.4 is 15.8 Å². The molecule has 5 rings (SSSR count). The lowest BCUT2D eigenvalue weighted by atomic mass is 9.97. The van der Waals surface area contributed by atoms with Crippen LogP contribution in [0.2, 0.25) is 0 Å². The Labute approximate surface area is 187 Å². The van der Waals surface area contributed by atoms with E-state index in [0.717, 1.165) is 18.5 Å². The topological polar surface area (TPSA) is 67.2 Å². The van der Waals surface area contributed by atoms with E-state index >= 15 is 0 Å². The Hall–Kier alpha value is -3.52. The van der Waals surface area contributed by atoms with E-state index in [1.807, 2.05) is 46.7 Å². The average molecular weight is 449 g/mol. The van der Waals surface area contributed by atoms with Gasteiger partial charge in [0, 0.05) is 18.8 Å². The van der Waals surface area contributed by atoms with Crippen LogP contribution in [0.25, 0.3) is 15.9 Å². The third-order valence-electron chi connectivity index (χ3n) is 5.66. The second kappa shape index (κ2) is 8.55. The van der Waals surface area contributed by atoms with Crippen molar-refractivity contribution in [2.75, 3.05) is 23.3 Å². The molecule has 2 aromatic heterocycles. The van der Waals surface area contributed by atoms with Gasteiger partial charge in [-0.2, -0.15) is 0 Å². The fourth-order valence-corrected chi connectivity index (χ4v) is 4.83. The van der Waals surface area contributed by atoms with E-state index in [-0.39, 0.29) is 23.2 Å². The molecule has 1 amide bonds. The molecular weight excluding hydrogens is 427 g/mol. The summed E-state index contributed by atoms with van der Waals surface area (Å²) >= 11 is 1.34. The van der Waals surface area contributed by atoms with E-state index in [1.54, 1.807) is 12.1 Å². The molecule has 8 heteroatoms. The number of nitrogens with one attached hydrogen (secondary N) is 1. The van der Waals surface area contributed by atoms with Crippen molar-refractivity contribution >= 4 is 39.1 Å². The van der Waals surface area contributed by atoms with Crippen LogP contribution in [-0.4, -0.2) is 28.5 Å². The fourth-order valence-electron chi connectivity index (χ4n) is 4.07. The molecular formula is C24H21FN4O2S. The maximum absolute atomic E-state index is 13.5. The Kier molecular flexibility index (Phi) is 5.45. The molecule has 3 heterocycles. The molecule has 6 nitrogen and oxygen atoms in total. The molecule has 1 N–H and O–H groups in total. The van der Waals surface area contributed by atoms with Crippen LogP contribution in [0.15, 0.2) is 70.8 Å². The van der Waals surface area contributed by atoms with E-state index in [2.05, 4.69) is 5.32 Å². The standard InChI is InChI=1S/C24H21FN4O2S/c25-17-8-10-19(11-9-17)29-23(31)21-20(12-14-32-21)27-24(29)28-13-4-5-16(15-28)22(30)26-18-6-2-1-3-7-18/h1-3,6-12,14,16H,4-5,13,15H2,(H,26,30)/t16-/m1/s1. The number of fused-ring (bicyclic) bond motifs is 1. The summed E-state index contributed by atoms with van der Waals surface area (Å²) < 4.78 is 15.6. The number of rotatable bonds is 4. The van der Waals surface area contributed by atoms with Crippen molar-refractivity contribution < 1.29 is 9.18 Å². The van der Waals surface area contributed by atoms with Gasteiger partial charge in [-0.3, -0.25) is 9.59 Å². The number of anilines is 2. The molecule has 1 saturated heterocycles. The lowest BCUT2D eigenvalue weighted by Crippen LogP contribution is -2.43. The highest BCUT2D eigenvalue weighted by Crippen LogP contribution is 2.27. The van der Waals surface area contributed by atoms with Gasteiger partial charge in [-0.25, -0.2) is 13.9 Å². The number of halogens is 1. The number of piperidine rings is 1. The Morgan fingerprint density at radius 1 is 1.09 bits per heavy atom. The highest BCUT2D eigenvalue weighted by molar-refractivity contribution is 7.17. The number of para-hydroxylation sites is 1. The minimum absolute atomic E-state index is 0.0480. The smallest absolute Gasteiger partial charge is 0.277 e. The third kappa shape index (κ3) is 3.89. The van der Waals surface area contributed by atoms with Crippen molar-refractivity contribution in [2.24, 2.45) is 5.92 Å². The lowest BCUT2D eigenvalue weighted by molar-refractivity contribution is -0.120. The monoisotopic (exact) mass is 448 g/mol. The first-order valence-electron chi connectivity index (χ1n) is 10.5. The summed E-state index contributed by atoms with van der Waals surface area (Å²) in [6, 6.07) is 17.0. The van der Waals surface area contributed by atoms with E-state index in [1.165, 1.54) is 28.0 Å². The van der Waals surface area contributed by atoms with Crippen LogP contribution in [0.5, 0.6) is 0 Å². The van der Waals surface area contributed by atoms with Crippen molar-refractivity contribution in [1.82, 2.24) is 9.55 Å². The average Bonchev–Trinajstić information content (AvgIpc) is 3.30. The molecule has 32 heavy (non-hydrogen) atoms. The van der Waals surface area contributed by atoms with Gasteiger partial charge in [-0.15, -0.1) is 11.3 Å². The van der Waals surface area contributed by atoms with Gasteiger partial charge in [-0.05, 0) is 60.7 Å². The number of thiophene rings is 1. The van der Waals surface area contributed by atoms with Crippen molar-refractivity contribution in [3.05, 3.63) is 82.2 Å². The van der Waals surface area contributed by atoms with Crippen LogP contribution in [0, 0.1) is 11.7 Å². The zero-order chi connectivity index (χ0) is 22.1. The van der Waals surface area contributed by atoms with Gasteiger partial charge in [-0.1, -0.05) is 18.2 Å². The molecule has 0 unspecified atom stereocenters. The Morgan fingerprint density at radius 3 is 2.66 bits per heavy atom. The highest BCUT2D eigenvalue weighted by atomic mass is 32.1. The summed E-state index contributed by atoms with van der Waals surface area (Å²) in [6.07, 6.45) is 1.56. The van der Waals surface area contributed by atoms with Gasteiger partial charge in [0.05, 0.1) is 17.1 Å². The Balaban J connectivity index is 1.50. The highest BCUT2D eigenvalue weighted by Gasteiger charge is 2.29. The number of benzene rings is 2. The normalized spacial score (nSPS) is 16.3. The predicted octanol–water partition coefficient (Wildman–Crippen LogP) is 4.44. The predicted molar refractivity (Wildman–Crippen MR) is 125 cm³/mol. The molecule has 0 aliphatic carbocycles. The quantitative estimate of drug-likeness (QED) is 0.501. The summed E-state index contributed by atoms with van der Waals surface area (Å²) in [6.45, 7) is 1.13. The first kappa shape index (κ1) is 20.4. The minimum Gasteiger partial charge on any atom is -0.341 e. The summed E-state index contributed by atoms with van der Waals surface area (Å²) in [5, 5.41) is 4.82. The number of carbonyl (C=O) groups excluding carboxylic acids is 1. The van der Waals surface area contributed by atoms with E-state index in [9.17, 15) is 14.0 Å². The molecule has 1 aliphatic rings. The molecule has 0 saturated carbocycles. The number of nitrogens with zero attached hydrogens (tertiary/aromatic N) is 3. The maximum Gasteiger partial charge on any atom is 0.277 e. The fraction of sp³-hybridized carbons (Fsp3) is 0.208.